The van der Waals surface area contributed by atoms with Crippen molar-refractivity contribution in [3.63, 3.8) is 0 Å². The summed E-state index contributed by atoms with van der Waals surface area (Å²) in [5, 5.41) is 3.29. The lowest BCUT2D eigenvalue weighted by atomic mass is 10.1. The highest BCUT2D eigenvalue weighted by molar-refractivity contribution is 5.17. The Kier molecular flexibility index (Phi) is 6.00. The molecule has 0 aliphatic carbocycles. The highest BCUT2D eigenvalue weighted by atomic mass is 16.5. The van der Waals surface area contributed by atoms with Crippen LogP contribution >= 0.6 is 0 Å². The van der Waals surface area contributed by atoms with Gasteiger partial charge in [0.1, 0.15) is 0 Å². The van der Waals surface area contributed by atoms with Crippen LogP contribution in [-0.4, -0.2) is 33.9 Å². The van der Waals surface area contributed by atoms with Crippen molar-refractivity contribution in [1.29, 1.82) is 0 Å². The lowest BCUT2D eigenvalue weighted by molar-refractivity contribution is 0.0994. The van der Waals surface area contributed by atoms with Gasteiger partial charge >= 0.3 is 0 Å². The van der Waals surface area contributed by atoms with Gasteiger partial charge in [0.25, 0.3) is 0 Å². The SMILES string of the molecule is COCCNCC(OC)c1ccccc1. The first-order valence-electron chi connectivity index (χ1n) is 5.16. The molecule has 0 amide bonds. The van der Waals surface area contributed by atoms with Gasteiger partial charge in [-0.1, -0.05) is 30.3 Å². The van der Waals surface area contributed by atoms with E-state index in [9.17, 15) is 0 Å². The topological polar surface area (TPSA) is 30.5 Å². The van der Waals surface area contributed by atoms with Gasteiger partial charge in [0.15, 0.2) is 0 Å². The quantitative estimate of drug-likeness (QED) is 0.692. The van der Waals surface area contributed by atoms with Crippen molar-refractivity contribution in [2.75, 3.05) is 33.9 Å². The molecule has 0 heterocycles. The van der Waals surface area contributed by atoms with Gasteiger partial charge in [-0.3, -0.25) is 0 Å². The summed E-state index contributed by atoms with van der Waals surface area (Å²) in [4.78, 5) is 0. The first-order chi connectivity index (χ1) is 7.38. The Bertz CT molecular complexity index is 251. The summed E-state index contributed by atoms with van der Waals surface area (Å²) < 4.78 is 10.4. The second kappa shape index (κ2) is 7.40. The Hall–Kier alpha value is -0.900. The van der Waals surface area contributed by atoms with E-state index in [1.165, 1.54) is 5.56 Å². The summed E-state index contributed by atoms with van der Waals surface area (Å²) in [6.45, 7) is 2.39. The molecule has 0 radical (unpaired) electrons. The average molecular weight is 209 g/mol. The van der Waals surface area contributed by atoms with Gasteiger partial charge in [0, 0.05) is 27.3 Å². The first-order valence-corrected chi connectivity index (χ1v) is 5.16. The zero-order chi connectivity index (χ0) is 10.9. The Morgan fingerprint density at radius 1 is 1.20 bits per heavy atom. The van der Waals surface area contributed by atoms with Crippen LogP contribution in [0.1, 0.15) is 11.7 Å². The normalized spacial score (nSPS) is 12.7. The molecule has 1 atom stereocenters. The third-order valence-corrected chi connectivity index (χ3v) is 2.27. The van der Waals surface area contributed by atoms with E-state index in [0.29, 0.717) is 0 Å². The van der Waals surface area contributed by atoms with Crippen LogP contribution in [0.25, 0.3) is 0 Å². The van der Waals surface area contributed by atoms with E-state index in [1.807, 2.05) is 18.2 Å². The molecule has 0 aliphatic heterocycles. The van der Waals surface area contributed by atoms with Gasteiger partial charge in [-0.05, 0) is 5.56 Å². The molecule has 0 fully saturated rings. The molecule has 3 heteroatoms. The van der Waals surface area contributed by atoms with Gasteiger partial charge in [-0.25, -0.2) is 0 Å². The number of benzene rings is 1. The van der Waals surface area contributed by atoms with Gasteiger partial charge in [0.2, 0.25) is 0 Å². The third-order valence-electron chi connectivity index (χ3n) is 2.27. The van der Waals surface area contributed by atoms with Crippen LogP contribution in [0.4, 0.5) is 0 Å². The largest absolute Gasteiger partial charge is 0.383 e. The standard InChI is InChI=1S/C12H19NO2/c1-14-9-8-13-10-12(15-2)11-6-4-3-5-7-11/h3-7,12-13H,8-10H2,1-2H3. The van der Waals surface area contributed by atoms with Crippen LogP contribution in [0, 0.1) is 0 Å². The summed E-state index contributed by atoms with van der Waals surface area (Å²) in [5.74, 6) is 0. The van der Waals surface area contributed by atoms with E-state index < -0.39 is 0 Å². The number of hydrogen-bond donors (Lipinski definition) is 1. The Labute approximate surface area is 91.4 Å². The number of hydrogen-bond acceptors (Lipinski definition) is 3. The highest BCUT2D eigenvalue weighted by Crippen LogP contribution is 2.14. The molecule has 15 heavy (non-hydrogen) atoms. The van der Waals surface area contributed by atoms with E-state index in [0.717, 1.165) is 19.7 Å². The molecule has 0 aliphatic rings. The van der Waals surface area contributed by atoms with E-state index in [2.05, 4.69) is 17.4 Å². The number of nitrogens with one attached hydrogen (secondary N) is 1. The molecule has 1 rings (SSSR count). The van der Waals surface area contributed by atoms with Gasteiger partial charge in [0.05, 0.1) is 12.7 Å². The molecule has 0 saturated heterocycles. The minimum Gasteiger partial charge on any atom is -0.383 e. The monoisotopic (exact) mass is 209 g/mol. The zero-order valence-electron chi connectivity index (χ0n) is 9.40. The number of ether oxygens (including phenoxy) is 2. The van der Waals surface area contributed by atoms with E-state index in [4.69, 9.17) is 9.47 Å². The van der Waals surface area contributed by atoms with Crippen LogP contribution in [0.15, 0.2) is 30.3 Å². The number of rotatable bonds is 7. The lowest BCUT2D eigenvalue weighted by Crippen LogP contribution is -2.25. The van der Waals surface area contributed by atoms with Gasteiger partial charge in [-0.2, -0.15) is 0 Å². The second-order valence-corrected chi connectivity index (χ2v) is 3.33. The predicted molar refractivity (Wildman–Crippen MR) is 60.9 cm³/mol. The summed E-state index contributed by atoms with van der Waals surface area (Å²) in [7, 11) is 3.43. The molecule has 0 saturated carbocycles. The van der Waals surface area contributed by atoms with Crippen LogP contribution in [0.3, 0.4) is 0 Å². The van der Waals surface area contributed by atoms with Crippen molar-refractivity contribution in [3.05, 3.63) is 35.9 Å². The molecule has 0 aromatic heterocycles. The summed E-state index contributed by atoms with van der Waals surface area (Å²) in [6, 6.07) is 10.2. The molecule has 1 N–H and O–H groups in total. The van der Waals surface area contributed by atoms with Crippen LogP contribution in [-0.2, 0) is 9.47 Å². The minimum atomic E-state index is 0.114. The molecule has 1 unspecified atom stereocenters. The van der Waals surface area contributed by atoms with Crippen molar-refractivity contribution in [1.82, 2.24) is 5.32 Å². The van der Waals surface area contributed by atoms with Crippen molar-refractivity contribution in [3.8, 4) is 0 Å². The average Bonchev–Trinajstić information content (AvgIpc) is 2.30. The molecule has 1 aromatic carbocycles. The molecule has 0 bridgehead atoms. The molecule has 1 aromatic rings. The fourth-order valence-corrected chi connectivity index (χ4v) is 1.41. The van der Waals surface area contributed by atoms with E-state index in [-0.39, 0.29) is 6.10 Å². The Balaban J connectivity index is 2.36. The molecular formula is C12H19NO2. The molecule has 0 spiro atoms. The van der Waals surface area contributed by atoms with Gasteiger partial charge < -0.3 is 14.8 Å². The molecule has 3 nitrogen and oxygen atoms in total. The predicted octanol–water partition coefficient (Wildman–Crippen LogP) is 1.61. The second-order valence-electron chi connectivity index (χ2n) is 3.33. The van der Waals surface area contributed by atoms with E-state index in [1.54, 1.807) is 14.2 Å². The van der Waals surface area contributed by atoms with Crippen LogP contribution < -0.4 is 5.32 Å². The van der Waals surface area contributed by atoms with Crippen molar-refractivity contribution in [2.45, 2.75) is 6.10 Å². The van der Waals surface area contributed by atoms with Crippen molar-refractivity contribution in [2.24, 2.45) is 0 Å². The van der Waals surface area contributed by atoms with Gasteiger partial charge in [-0.15, -0.1) is 0 Å². The first kappa shape index (κ1) is 12.2. The third kappa shape index (κ3) is 4.42. The van der Waals surface area contributed by atoms with Crippen LogP contribution in [0.2, 0.25) is 0 Å². The lowest BCUT2D eigenvalue weighted by Gasteiger charge is -2.16. The maximum absolute atomic E-state index is 5.41. The maximum Gasteiger partial charge on any atom is 0.0945 e. The smallest absolute Gasteiger partial charge is 0.0945 e. The summed E-state index contributed by atoms with van der Waals surface area (Å²) >= 11 is 0. The Morgan fingerprint density at radius 3 is 2.53 bits per heavy atom. The van der Waals surface area contributed by atoms with E-state index >= 15 is 0 Å². The van der Waals surface area contributed by atoms with Crippen LogP contribution in [0.5, 0.6) is 0 Å². The summed E-state index contributed by atoms with van der Waals surface area (Å²) in [6.07, 6.45) is 0.114. The summed E-state index contributed by atoms with van der Waals surface area (Å²) in [5.41, 5.74) is 1.20. The van der Waals surface area contributed by atoms with Crippen molar-refractivity contribution >= 4 is 0 Å². The fourth-order valence-electron chi connectivity index (χ4n) is 1.41. The van der Waals surface area contributed by atoms with Crippen molar-refractivity contribution < 1.29 is 9.47 Å². The fraction of sp³-hybridized carbons (Fsp3) is 0.500. The zero-order valence-corrected chi connectivity index (χ0v) is 9.40. The number of methoxy groups -OCH3 is 2. The highest BCUT2D eigenvalue weighted by Gasteiger charge is 2.08. The molecular weight excluding hydrogens is 190 g/mol. The minimum absolute atomic E-state index is 0.114. The molecule has 84 valence electrons. The maximum atomic E-state index is 5.41. The Morgan fingerprint density at radius 2 is 1.93 bits per heavy atom.